The molecule has 0 atom stereocenters. The maximum absolute atomic E-state index is 5.96. The maximum atomic E-state index is 5.96. The second kappa shape index (κ2) is 6.15. The van der Waals surface area contributed by atoms with Crippen molar-refractivity contribution in [1.29, 1.82) is 0 Å². The molecular weight excluding hydrogens is 282 g/mol. The molecule has 3 aromatic rings. The van der Waals surface area contributed by atoms with Crippen LogP contribution in [0, 0.1) is 0 Å². The molecule has 0 unspecified atom stereocenters. The van der Waals surface area contributed by atoms with E-state index in [1.807, 2.05) is 42.5 Å². The lowest BCUT2D eigenvalue weighted by molar-refractivity contribution is 0.467. The van der Waals surface area contributed by atoms with Crippen LogP contribution in [0.25, 0.3) is 10.8 Å². The first-order valence-corrected chi connectivity index (χ1v) is 7.55. The molecule has 0 fully saturated rings. The Hall–Kier alpha value is -2.06. The van der Waals surface area contributed by atoms with Gasteiger partial charge in [-0.2, -0.15) is 0 Å². The van der Waals surface area contributed by atoms with Crippen LogP contribution in [0.3, 0.4) is 0 Å². The van der Waals surface area contributed by atoms with Crippen LogP contribution in [0.4, 0.5) is 0 Å². The van der Waals surface area contributed by atoms with Crippen molar-refractivity contribution >= 4 is 22.4 Å². The van der Waals surface area contributed by atoms with E-state index in [4.69, 9.17) is 16.3 Å². The molecule has 0 N–H and O–H groups in total. The highest BCUT2D eigenvalue weighted by Gasteiger charge is 2.08. The molecule has 0 saturated heterocycles. The number of aromatic nitrogens is 1. The number of benzene rings is 2. The summed E-state index contributed by atoms with van der Waals surface area (Å²) >= 11 is 5.92. The van der Waals surface area contributed by atoms with Gasteiger partial charge < -0.3 is 4.74 Å². The molecule has 0 aliphatic heterocycles. The van der Waals surface area contributed by atoms with Crippen LogP contribution in [-0.4, -0.2) is 4.98 Å². The Morgan fingerprint density at radius 1 is 1.05 bits per heavy atom. The summed E-state index contributed by atoms with van der Waals surface area (Å²) in [5, 5.41) is 2.08. The van der Waals surface area contributed by atoms with Crippen molar-refractivity contribution in [2.24, 2.45) is 0 Å². The molecular formula is C18H16ClNO. The summed E-state index contributed by atoms with van der Waals surface area (Å²) in [6.45, 7) is 2.13. The van der Waals surface area contributed by atoms with E-state index in [2.05, 4.69) is 24.0 Å². The normalized spacial score (nSPS) is 10.8. The molecule has 0 spiro atoms. The van der Waals surface area contributed by atoms with E-state index in [0.29, 0.717) is 11.8 Å². The third-order valence-electron chi connectivity index (χ3n) is 3.44. The summed E-state index contributed by atoms with van der Waals surface area (Å²) in [6, 6.07) is 18.1. The van der Waals surface area contributed by atoms with Gasteiger partial charge in [0.25, 0.3) is 0 Å². The molecule has 0 amide bonds. The SMILES string of the molecule is CCc1ccc(Oc2nc(CCl)cc3ccccc23)cc1. The molecule has 0 bridgehead atoms. The molecule has 0 radical (unpaired) electrons. The number of ether oxygens (including phenoxy) is 1. The first kappa shape index (κ1) is 13.9. The van der Waals surface area contributed by atoms with Gasteiger partial charge in [0, 0.05) is 5.39 Å². The van der Waals surface area contributed by atoms with Crippen LogP contribution in [0.15, 0.2) is 54.6 Å². The molecule has 2 nitrogen and oxygen atoms in total. The van der Waals surface area contributed by atoms with E-state index in [9.17, 15) is 0 Å². The number of halogens is 1. The van der Waals surface area contributed by atoms with Crippen molar-refractivity contribution in [3.8, 4) is 11.6 Å². The number of hydrogen-bond donors (Lipinski definition) is 0. The zero-order valence-corrected chi connectivity index (χ0v) is 12.6. The van der Waals surface area contributed by atoms with Crippen LogP contribution < -0.4 is 4.74 Å². The second-order valence-corrected chi connectivity index (χ2v) is 5.14. The molecule has 1 aromatic heterocycles. The zero-order valence-electron chi connectivity index (χ0n) is 11.8. The predicted octanol–water partition coefficient (Wildman–Crippen LogP) is 5.33. The third-order valence-corrected chi connectivity index (χ3v) is 3.72. The summed E-state index contributed by atoms with van der Waals surface area (Å²) in [5.41, 5.74) is 2.10. The molecule has 106 valence electrons. The second-order valence-electron chi connectivity index (χ2n) is 4.87. The number of pyridine rings is 1. The summed E-state index contributed by atoms with van der Waals surface area (Å²) < 4.78 is 5.96. The summed E-state index contributed by atoms with van der Waals surface area (Å²) in [6.07, 6.45) is 1.02. The van der Waals surface area contributed by atoms with Gasteiger partial charge >= 0.3 is 0 Å². The lowest BCUT2D eigenvalue weighted by Crippen LogP contribution is -1.94. The Bertz CT molecular complexity index is 753. The molecule has 0 saturated carbocycles. The fourth-order valence-electron chi connectivity index (χ4n) is 2.27. The van der Waals surface area contributed by atoms with Gasteiger partial charge in [0.15, 0.2) is 0 Å². The summed E-state index contributed by atoms with van der Waals surface area (Å²) in [7, 11) is 0. The highest BCUT2D eigenvalue weighted by atomic mass is 35.5. The van der Waals surface area contributed by atoms with Crippen molar-refractivity contribution in [3.05, 3.63) is 65.9 Å². The number of nitrogens with zero attached hydrogens (tertiary/aromatic N) is 1. The van der Waals surface area contributed by atoms with Gasteiger partial charge in [-0.25, -0.2) is 4.98 Å². The minimum absolute atomic E-state index is 0.371. The van der Waals surface area contributed by atoms with Crippen molar-refractivity contribution in [2.45, 2.75) is 19.2 Å². The minimum atomic E-state index is 0.371. The minimum Gasteiger partial charge on any atom is -0.438 e. The lowest BCUT2D eigenvalue weighted by Gasteiger charge is -2.10. The van der Waals surface area contributed by atoms with Gasteiger partial charge in [-0.3, -0.25) is 0 Å². The topological polar surface area (TPSA) is 22.1 Å². The number of alkyl halides is 1. The van der Waals surface area contributed by atoms with Crippen LogP contribution in [-0.2, 0) is 12.3 Å². The van der Waals surface area contributed by atoms with Crippen molar-refractivity contribution in [1.82, 2.24) is 4.98 Å². The van der Waals surface area contributed by atoms with Crippen molar-refractivity contribution in [2.75, 3.05) is 0 Å². The van der Waals surface area contributed by atoms with Gasteiger partial charge in [0.2, 0.25) is 5.88 Å². The largest absolute Gasteiger partial charge is 0.438 e. The number of aryl methyl sites for hydroxylation is 1. The van der Waals surface area contributed by atoms with E-state index in [1.54, 1.807) is 0 Å². The molecule has 0 aliphatic carbocycles. The van der Waals surface area contributed by atoms with Crippen molar-refractivity contribution < 1.29 is 4.74 Å². The standard InChI is InChI=1S/C18H16ClNO/c1-2-13-7-9-16(10-8-13)21-18-17-6-4-3-5-14(17)11-15(12-19)20-18/h3-11H,2,12H2,1H3. The van der Waals surface area contributed by atoms with Gasteiger partial charge in [-0.1, -0.05) is 37.3 Å². The van der Waals surface area contributed by atoms with E-state index < -0.39 is 0 Å². The monoisotopic (exact) mass is 297 g/mol. The number of fused-ring (bicyclic) bond motifs is 1. The fourth-order valence-corrected chi connectivity index (χ4v) is 2.41. The third kappa shape index (κ3) is 3.01. The Morgan fingerprint density at radius 3 is 2.52 bits per heavy atom. The van der Waals surface area contributed by atoms with Crippen LogP contribution in [0.2, 0.25) is 0 Å². The summed E-state index contributed by atoms with van der Waals surface area (Å²) in [4.78, 5) is 4.50. The lowest BCUT2D eigenvalue weighted by atomic mass is 10.1. The van der Waals surface area contributed by atoms with Gasteiger partial charge in [0.05, 0.1) is 11.6 Å². The molecule has 21 heavy (non-hydrogen) atoms. The van der Waals surface area contributed by atoms with E-state index in [0.717, 1.165) is 28.6 Å². The number of rotatable bonds is 4. The average molecular weight is 298 g/mol. The Labute approximate surface area is 129 Å². The van der Waals surface area contributed by atoms with E-state index in [1.165, 1.54) is 5.56 Å². The number of hydrogen-bond acceptors (Lipinski definition) is 2. The predicted molar refractivity (Wildman–Crippen MR) is 87.2 cm³/mol. The van der Waals surface area contributed by atoms with E-state index >= 15 is 0 Å². The fraction of sp³-hybridized carbons (Fsp3) is 0.167. The Kier molecular flexibility index (Phi) is 4.07. The zero-order chi connectivity index (χ0) is 14.7. The van der Waals surface area contributed by atoms with Gasteiger partial charge in [0.1, 0.15) is 5.75 Å². The smallest absolute Gasteiger partial charge is 0.227 e. The average Bonchev–Trinajstić information content (AvgIpc) is 2.55. The first-order valence-electron chi connectivity index (χ1n) is 7.01. The van der Waals surface area contributed by atoms with Crippen LogP contribution >= 0.6 is 11.6 Å². The van der Waals surface area contributed by atoms with Gasteiger partial charge in [-0.05, 0) is 41.6 Å². The molecule has 3 heteroatoms. The van der Waals surface area contributed by atoms with Crippen LogP contribution in [0.5, 0.6) is 11.6 Å². The molecule has 1 heterocycles. The molecule has 0 aliphatic rings. The van der Waals surface area contributed by atoms with Crippen molar-refractivity contribution in [3.63, 3.8) is 0 Å². The van der Waals surface area contributed by atoms with Gasteiger partial charge in [-0.15, -0.1) is 11.6 Å². The first-order chi connectivity index (χ1) is 10.3. The Morgan fingerprint density at radius 2 is 1.81 bits per heavy atom. The van der Waals surface area contributed by atoms with Crippen LogP contribution in [0.1, 0.15) is 18.2 Å². The molecule has 3 rings (SSSR count). The highest BCUT2D eigenvalue weighted by molar-refractivity contribution is 6.17. The summed E-state index contributed by atoms with van der Waals surface area (Å²) in [5.74, 6) is 1.76. The Balaban J connectivity index is 2.01. The van der Waals surface area contributed by atoms with E-state index in [-0.39, 0.29) is 0 Å². The quantitative estimate of drug-likeness (QED) is 0.607. The highest BCUT2D eigenvalue weighted by Crippen LogP contribution is 2.29. The molecule has 2 aromatic carbocycles. The maximum Gasteiger partial charge on any atom is 0.227 e.